The SMILES string of the molecule is CCCCC(C)(Pc1ccc(C)cc1CO)c1cc(C(C)(C)C)cc(C(C)(C)C)c1OCOC. The molecule has 0 fully saturated rings. The van der Waals surface area contributed by atoms with E-state index in [0.717, 1.165) is 30.6 Å². The van der Waals surface area contributed by atoms with Crippen LogP contribution in [-0.4, -0.2) is 19.0 Å². The van der Waals surface area contributed by atoms with Crippen molar-refractivity contribution in [3.8, 4) is 5.75 Å². The van der Waals surface area contributed by atoms with E-state index in [2.05, 4.69) is 92.6 Å². The highest BCUT2D eigenvalue weighted by Crippen LogP contribution is 2.52. The molecule has 0 heterocycles. The molecule has 0 aliphatic carbocycles. The number of rotatable bonds is 10. The number of aliphatic hydroxyl groups excluding tert-OH is 1. The lowest BCUT2D eigenvalue weighted by Gasteiger charge is -2.37. The second-order valence-electron chi connectivity index (χ2n) is 11.8. The molecule has 2 aromatic rings. The predicted molar refractivity (Wildman–Crippen MR) is 148 cm³/mol. The number of hydrogen-bond acceptors (Lipinski definition) is 3. The van der Waals surface area contributed by atoms with E-state index in [4.69, 9.17) is 9.47 Å². The molecule has 0 saturated carbocycles. The quantitative estimate of drug-likeness (QED) is 0.280. The van der Waals surface area contributed by atoms with E-state index in [1.807, 2.05) is 0 Å². The third kappa shape index (κ3) is 7.06. The Hall–Kier alpha value is -1.41. The van der Waals surface area contributed by atoms with Gasteiger partial charge in [-0.3, -0.25) is 0 Å². The first-order valence-electron chi connectivity index (χ1n) is 12.6. The average molecular weight is 487 g/mol. The smallest absolute Gasteiger partial charge is 0.188 e. The number of aliphatic hydroxyl groups is 1. The van der Waals surface area contributed by atoms with E-state index >= 15 is 0 Å². The number of aryl methyl sites for hydroxylation is 1. The van der Waals surface area contributed by atoms with Crippen molar-refractivity contribution in [2.24, 2.45) is 0 Å². The lowest BCUT2D eigenvalue weighted by molar-refractivity contribution is 0.0486. The maximum absolute atomic E-state index is 10.1. The fourth-order valence-corrected chi connectivity index (χ4v) is 6.06. The van der Waals surface area contributed by atoms with E-state index in [1.54, 1.807) is 7.11 Å². The molecule has 0 radical (unpaired) electrons. The lowest BCUT2D eigenvalue weighted by Crippen LogP contribution is -2.26. The van der Waals surface area contributed by atoms with Gasteiger partial charge in [0.05, 0.1) is 6.61 Å². The first kappa shape index (κ1) is 28.8. The van der Waals surface area contributed by atoms with Gasteiger partial charge in [0.25, 0.3) is 0 Å². The second kappa shape index (κ2) is 11.5. The Morgan fingerprint density at radius 1 is 0.912 bits per heavy atom. The lowest BCUT2D eigenvalue weighted by atomic mass is 9.76. The summed E-state index contributed by atoms with van der Waals surface area (Å²) in [5, 5.41) is 11.2. The third-order valence-corrected chi connectivity index (χ3v) is 8.38. The molecule has 2 aromatic carbocycles. The predicted octanol–water partition coefficient (Wildman–Crippen LogP) is 7.47. The van der Waals surface area contributed by atoms with Crippen molar-refractivity contribution in [2.75, 3.05) is 13.9 Å². The summed E-state index contributed by atoms with van der Waals surface area (Å²) in [5.41, 5.74) is 5.97. The van der Waals surface area contributed by atoms with Gasteiger partial charge >= 0.3 is 0 Å². The molecule has 1 N–H and O–H groups in total. The van der Waals surface area contributed by atoms with E-state index in [-0.39, 0.29) is 29.4 Å². The highest BCUT2D eigenvalue weighted by molar-refractivity contribution is 7.48. The van der Waals surface area contributed by atoms with E-state index in [0.29, 0.717) is 8.58 Å². The second-order valence-corrected chi connectivity index (χ2v) is 13.7. The standard InChI is InChI=1S/C30H47O3P/c1-11-12-15-30(9,34-26-14-13-21(2)16-22(26)19-31)25-18-23(28(3,4)5)17-24(29(6,7)8)27(25)33-20-32-10/h13-14,16-18,31,34H,11-12,15,19-20H2,1-10H3. The zero-order valence-electron chi connectivity index (χ0n) is 23.2. The van der Waals surface area contributed by atoms with Crippen molar-refractivity contribution in [3.05, 3.63) is 58.1 Å². The molecule has 2 unspecified atom stereocenters. The van der Waals surface area contributed by atoms with Gasteiger partial charge in [0.15, 0.2) is 6.79 Å². The van der Waals surface area contributed by atoms with Crippen molar-refractivity contribution in [2.45, 2.75) is 104 Å². The summed E-state index contributed by atoms with van der Waals surface area (Å²) in [6, 6.07) is 11.2. The van der Waals surface area contributed by atoms with Crippen LogP contribution in [0.15, 0.2) is 30.3 Å². The maximum atomic E-state index is 10.1. The summed E-state index contributed by atoms with van der Waals surface area (Å²) in [6.45, 7) is 20.6. The Balaban J connectivity index is 2.84. The van der Waals surface area contributed by atoms with Gasteiger partial charge in [-0.2, -0.15) is 0 Å². The number of methoxy groups -OCH3 is 1. The minimum atomic E-state index is -0.125. The molecular formula is C30H47O3P. The van der Waals surface area contributed by atoms with Gasteiger partial charge in [-0.1, -0.05) is 113 Å². The van der Waals surface area contributed by atoms with Crippen molar-refractivity contribution >= 4 is 13.9 Å². The molecule has 0 aliphatic rings. The molecule has 0 spiro atoms. The van der Waals surface area contributed by atoms with Crippen molar-refractivity contribution < 1.29 is 14.6 Å². The van der Waals surface area contributed by atoms with Crippen LogP contribution in [0.1, 0.15) is 102 Å². The molecule has 0 aliphatic heterocycles. The first-order valence-corrected chi connectivity index (χ1v) is 13.6. The molecule has 0 bridgehead atoms. The third-order valence-electron chi connectivity index (χ3n) is 6.55. The van der Waals surface area contributed by atoms with Crippen molar-refractivity contribution in [1.29, 1.82) is 0 Å². The summed E-state index contributed by atoms with van der Waals surface area (Å²) in [5.74, 6) is 0.964. The van der Waals surface area contributed by atoms with Crippen molar-refractivity contribution in [3.63, 3.8) is 0 Å². The molecule has 2 rings (SSSR count). The van der Waals surface area contributed by atoms with Crippen LogP contribution in [0, 0.1) is 6.92 Å². The van der Waals surface area contributed by atoms with Crippen LogP contribution in [-0.2, 0) is 27.3 Å². The Labute approximate surface area is 210 Å². The van der Waals surface area contributed by atoms with E-state index in [9.17, 15) is 5.11 Å². The highest BCUT2D eigenvalue weighted by Gasteiger charge is 2.35. The summed E-state index contributed by atoms with van der Waals surface area (Å²) < 4.78 is 11.8. The minimum Gasteiger partial charge on any atom is -0.467 e. The molecule has 0 amide bonds. The number of hydrogen-bond donors (Lipinski definition) is 1. The van der Waals surface area contributed by atoms with Crippen LogP contribution in [0.3, 0.4) is 0 Å². The summed E-state index contributed by atoms with van der Waals surface area (Å²) >= 11 is 0. The Morgan fingerprint density at radius 2 is 1.56 bits per heavy atom. The molecule has 34 heavy (non-hydrogen) atoms. The Morgan fingerprint density at radius 3 is 2.09 bits per heavy atom. The summed E-state index contributed by atoms with van der Waals surface area (Å²) in [4.78, 5) is 0. The van der Waals surface area contributed by atoms with Gasteiger partial charge in [-0.25, -0.2) is 0 Å². The van der Waals surface area contributed by atoms with Gasteiger partial charge in [0.1, 0.15) is 5.75 Å². The monoisotopic (exact) mass is 486 g/mol. The Kier molecular flexibility index (Phi) is 9.79. The average Bonchev–Trinajstić information content (AvgIpc) is 2.75. The largest absolute Gasteiger partial charge is 0.467 e. The highest BCUT2D eigenvalue weighted by atomic mass is 31.1. The normalized spacial score (nSPS) is 14.6. The van der Waals surface area contributed by atoms with E-state index < -0.39 is 0 Å². The summed E-state index contributed by atoms with van der Waals surface area (Å²) in [6.07, 6.45) is 3.33. The van der Waals surface area contributed by atoms with Gasteiger partial charge in [-0.05, 0) is 40.6 Å². The van der Waals surface area contributed by atoms with Crippen LogP contribution >= 0.6 is 8.58 Å². The molecule has 3 nitrogen and oxygen atoms in total. The molecule has 190 valence electrons. The molecular weight excluding hydrogens is 439 g/mol. The number of unbranched alkanes of at least 4 members (excludes halogenated alkanes) is 1. The Bertz CT molecular complexity index is 953. The van der Waals surface area contributed by atoms with Gasteiger partial charge in [0.2, 0.25) is 0 Å². The zero-order valence-corrected chi connectivity index (χ0v) is 24.2. The molecule has 2 atom stereocenters. The van der Waals surface area contributed by atoms with Crippen LogP contribution < -0.4 is 10.0 Å². The van der Waals surface area contributed by atoms with Crippen LogP contribution in [0.4, 0.5) is 0 Å². The van der Waals surface area contributed by atoms with Crippen LogP contribution in [0.5, 0.6) is 5.75 Å². The fourth-order valence-electron chi connectivity index (χ4n) is 4.37. The maximum Gasteiger partial charge on any atom is 0.188 e. The van der Waals surface area contributed by atoms with Gasteiger partial charge in [0, 0.05) is 23.4 Å². The van der Waals surface area contributed by atoms with Crippen LogP contribution in [0.2, 0.25) is 0 Å². The minimum absolute atomic E-state index is 0.0173. The van der Waals surface area contributed by atoms with Gasteiger partial charge < -0.3 is 14.6 Å². The zero-order chi connectivity index (χ0) is 25.7. The van der Waals surface area contributed by atoms with Crippen LogP contribution in [0.25, 0.3) is 0 Å². The molecule has 0 saturated heterocycles. The number of benzene rings is 2. The van der Waals surface area contributed by atoms with E-state index in [1.165, 1.54) is 27.6 Å². The summed E-state index contributed by atoms with van der Waals surface area (Å²) in [7, 11) is 2.20. The number of ether oxygens (including phenoxy) is 2. The fraction of sp³-hybridized carbons (Fsp3) is 0.600. The molecule has 4 heteroatoms. The molecule has 0 aromatic heterocycles. The van der Waals surface area contributed by atoms with Crippen molar-refractivity contribution in [1.82, 2.24) is 0 Å². The first-order chi connectivity index (χ1) is 15.8. The topological polar surface area (TPSA) is 38.7 Å². The van der Waals surface area contributed by atoms with Gasteiger partial charge in [-0.15, -0.1) is 0 Å².